The minimum absolute atomic E-state index is 0.223. The lowest BCUT2D eigenvalue weighted by Crippen LogP contribution is -2.21. The third kappa shape index (κ3) is 3.22. The maximum Gasteiger partial charge on any atom is 0.339 e. The summed E-state index contributed by atoms with van der Waals surface area (Å²) >= 11 is 6.08. The summed E-state index contributed by atoms with van der Waals surface area (Å²) < 4.78 is 16.0. The number of halogens is 1. The van der Waals surface area contributed by atoms with Gasteiger partial charge in [0.15, 0.2) is 23.4 Å². The molecule has 1 aliphatic rings. The predicted molar refractivity (Wildman–Crippen MR) is 72.6 cm³/mol. The third-order valence-electron chi connectivity index (χ3n) is 2.89. The van der Waals surface area contributed by atoms with Crippen LogP contribution >= 0.6 is 11.6 Å². The Kier molecular flexibility index (Phi) is 4.49. The number of rotatable bonds is 3. The maximum atomic E-state index is 12.0. The number of esters is 1. The van der Waals surface area contributed by atoms with Crippen molar-refractivity contribution in [1.29, 1.82) is 0 Å². The first kappa shape index (κ1) is 14.7. The molecule has 1 heterocycles. The van der Waals surface area contributed by atoms with Crippen LogP contribution in [0.5, 0.6) is 11.5 Å². The van der Waals surface area contributed by atoms with Crippen molar-refractivity contribution < 1.29 is 23.8 Å². The van der Waals surface area contributed by atoms with Crippen molar-refractivity contribution in [3.63, 3.8) is 0 Å². The molecule has 0 amide bonds. The molecule has 0 aromatic heterocycles. The summed E-state index contributed by atoms with van der Waals surface area (Å²) in [6.07, 6.45) is -0.0520. The lowest BCUT2D eigenvalue weighted by Gasteiger charge is -2.13. The first-order valence-electron chi connectivity index (χ1n) is 6.29. The van der Waals surface area contributed by atoms with E-state index in [1.165, 1.54) is 26.0 Å². The summed E-state index contributed by atoms with van der Waals surface area (Å²) in [5.74, 6) is 0.00167. The van der Waals surface area contributed by atoms with Gasteiger partial charge in [0.25, 0.3) is 0 Å². The van der Waals surface area contributed by atoms with Crippen LogP contribution in [-0.4, -0.2) is 31.1 Å². The zero-order valence-electron chi connectivity index (χ0n) is 11.3. The summed E-state index contributed by atoms with van der Waals surface area (Å²) in [6.45, 7) is 3.88. The van der Waals surface area contributed by atoms with Crippen LogP contribution < -0.4 is 9.47 Å². The molecule has 1 aromatic carbocycles. The van der Waals surface area contributed by atoms with Crippen LogP contribution in [0.2, 0.25) is 5.02 Å². The van der Waals surface area contributed by atoms with Crippen molar-refractivity contribution in [2.75, 3.05) is 13.2 Å². The molecular weight excluding hydrogens is 284 g/mol. The van der Waals surface area contributed by atoms with E-state index in [1.807, 2.05) is 0 Å². The van der Waals surface area contributed by atoms with E-state index < -0.39 is 12.1 Å². The van der Waals surface area contributed by atoms with Crippen molar-refractivity contribution >= 4 is 23.4 Å². The van der Waals surface area contributed by atoms with Crippen LogP contribution in [0.25, 0.3) is 0 Å². The lowest BCUT2D eigenvalue weighted by atomic mass is 10.2. The van der Waals surface area contributed by atoms with Crippen molar-refractivity contribution in [3.05, 3.63) is 22.7 Å². The van der Waals surface area contributed by atoms with Gasteiger partial charge in [-0.25, -0.2) is 4.79 Å². The summed E-state index contributed by atoms with van der Waals surface area (Å²) in [4.78, 5) is 23.1. The predicted octanol–water partition coefficient (Wildman–Crippen LogP) is 2.64. The second kappa shape index (κ2) is 6.13. The maximum absolute atomic E-state index is 12.0. The molecule has 108 valence electrons. The van der Waals surface area contributed by atoms with E-state index >= 15 is 0 Å². The number of Topliss-reactive ketones (excluding diaryl/α,β-unsaturated/α-hetero) is 1. The number of carbonyl (C=O) groups excluding carboxylic acids is 2. The molecule has 0 saturated carbocycles. The summed E-state index contributed by atoms with van der Waals surface area (Å²) in [5.41, 5.74) is 0.229. The number of fused-ring (bicyclic) bond motifs is 1. The van der Waals surface area contributed by atoms with Gasteiger partial charge in [-0.15, -0.1) is 0 Å². The molecule has 0 spiro atoms. The molecule has 0 saturated heterocycles. The largest absolute Gasteiger partial charge is 0.489 e. The highest BCUT2D eigenvalue weighted by Gasteiger charge is 2.21. The molecular formula is C14H15ClO5. The monoisotopic (exact) mass is 298 g/mol. The standard InChI is InChI=1S/C14H15ClO5/c1-8(16)9(2)20-14(17)10-6-11(15)13-12(7-10)18-4-3-5-19-13/h6-7,9H,3-5H2,1-2H3. The van der Waals surface area contributed by atoms with Crippen molar-refractivity contribution in [3.8, 4) is 11.5 Å². The topological polar surface area (TPSA) is 61.8 Å². The Morgan fingerprint density at radius 1 is 1.30 bits per heavy atom. The van der Waals surface area contributed by atoms with Gasteiger partial charge in [-0.2, -0.15) is 0 Å². The molecule has 5 nitrogen and oxygen atoms in total. The van der Waals surface area contributed by atoms with Gasteiger partial charge in [0.1, 0.15) is 0 Å². The van der Waals surface area contributed by atoms with E-state index in [2.05, 4.69) is 0 Å². The first-order chi connectivity index (χ1) is 9.49. The highest BCUT2D eigenvalue weighted by molar-refractivity contribution is 6.32. The quantitative estimate of drug-likeness (QED) is 0.803. The third-order valence-corrected chi connectivity index (χ3v) is 3.17. The van der Waals surface area contributed by atoms with Gasteiger partial charge >= 0.3 is 5.97 Å². The van der Waals surface area contributed by atoms with Gasteiger partial charge in [-0.3, -0.25) is 4.79 Å². The Morgan fingerprint density at radius 2 is 2.00 bits per heavy atom. The Hall–Kier alpha value is -1.75. The molecule has 6 heteroatoms. The van der Waals surface area contributed by atoms with Gasteiger partial charge in [0.05, 0.1) is 23.8 Å². The highest BCUT2D eigenvalue weighted by atomic mass is 35.5. The van der Waals surface area contributed by atoms with Crippen LogP contribution in [0.4, 0.5) is 0 Å². The summed E-state index contributed by atoms with van der Waals surface area (Å²) in [6, 6.07) is 2.96. The fraction of sp³-hybridized carbons (Fsp3) is 0.429. The van der Waals surface area contributed by atoms with E-state index in [0.717, 1.165) is 6.42 Å². The second-order valence-electron chi connectivity index (χ2n) is 4.49. The van der Waals surface area contributed by atoms with Crippen LogP contribution in [0, 0.1) is 0 Å². The number of benzene rings is 1. The van der Waals surface area contributed by atoms with Gasteiger partial charge in [0.2, 0.25) is 0 Å². The molecule has 0 fully saturated rings. The Morgan fingerprint density at radius 3 is 2.70 bits per heavy atom. The van der Waals surface area contributed by atoms with Crippen LogP contribution in [-0.2, 0) is 9.53 Å². The smallest absolute Gasteiger partial charge is 0.339 e. The number of ketones is 1. The van der Waals surface area contributed by atoms with Crippen molar-refractivity contribution in [2.45, 2.75) is 26.4 Å². The molecule has 1 aliphatic heterocycles. The SMILES string of the molecule is CC(=O)C(C)OC(=O)c1cc(Cl)c2c(c1)OCCCO2. The fourth-order valence-corrected chi connectivity index (χ4v) is 1.93. The average molecular weight is 299 g/mol. The number of ether oxygens (including phenoxy) is 3. The summed E-state index contributed by atoms with van der Waals surface area (Å²) in [5, 5.41) is 0.284. The minimum Gasteiger partial charge on any atom is -0.489 e. The van der Waals surface area contributed by atoms with Crippen molar-refractivity contribution in [1.82, 2.24) is 0 Å². The van der Waals surface area contributed by atoms with Crippen LogP contribution in [0.1, 0.15) is 30.6 Å². The fourth-order valence-electron chi connectivity index (χ4n) is 1.66. The summed E-state index contributed by atoms with van der Waals surface area (Å²) in [7, 11) is 0. The molecule has 0 aliphatic carbocycles. The van der Waals surface area contributed by atoms with E-state index in [4.69, 9.17) is 25.8 Å². The van der Waals surface area contributed by atoms with Crippen LogP contribution in [0.15, 0.2) is 12.1 Å². The van der Waals surface area contributed by atoms with E-state index in [0.29, 0.717) is 24.7 Å². The normalized spacial score (nSPS) is 15.2. The molecule has 0 bridgehead atoms. The Bertz CT molecular complexity index is 541. The Balaban J connectivity index is 2.25. The number of hydrogen-bond acceptors (Lipinski definition) is 5. The van der Waals surface area contributed by atoms with E-state index in [-0.39, 0.29) is 16.4 Å². The van der Waals surface area contributed by atoms with Gasteiger partial charge in [-0.05, 0) is 26.0 Å². The highest BCUT2D eigenvalue weighted by Crippen LogP contribution is 2.38. The molecule has 20 heavy (non-hydrogen) atoms. The van der Waals surface area contributed by atoms with Crippen LogP contribution in [0.3, 0.4) is 0 Å². The number of carbonyl (C=O) groups is 2. The average Bonchev–Trinajstić information content (AvgIpc) is 2.63. The zero-order chi connectivity index (χ0) is 14.7. The molecule has 0 N–H and O–H groups in total. The van der Waals surface area contributed by atoms with Gasteiger partial charge in [-0.1, -0.05) is 11.6 Å². The first-order valence-corrected chi connectivity index (χ1v) is 6.67. The molecule has 1 aromatic rings. The zero-order valence-corrected chi connectivity index (χ0v) is 12.0. The Labute approximate surface area is 121 Å². The van der Waals surface area contributed by atoms with E-state index in [9.17, 15) is 9.59 Å². The molecule has 1 atom stereocenters. The lowest BCUT2D eigenvalue weighted by molar-refractivity contribution is -0.124. The number of hydrogen-bond donors (Lipinski definition) is 0. The molecule has 2 rings (SSSR count). The molecule has 0 radical (unpaired) electrons. The second-order valence-corrected chi connectivity index (χ2v) is 4.90. The minimum atomic E-state index is -0.794. The van der Waals surface area contributed by atoms with Gasteiger partial charge < -0.3 is 14.2 Å². The van der Waals surface area contributed by atoms with E-state index in [1.54, 1.807) is 0 Å². The molecule has 1 unspecified atom stereocenters. The van der Waals surface area contributed by atoms with Gasteiger partial charge in [0, 0.05) is 6.42 Å². The van der Waals surface area contributed by atoms with Crippen molar-refractivity contribution in [2.24, 2.45) is 0 Å².